The molecule has 1 saturated carbocycles. The minimum absolute atomic E-state index is 0.0856. The summed E-state index contributed by atoms with van der Waals surface area (Å²) in [5.41, 5.74) is 4.31. The van der Waals surface area contributed by atoms with E-state index in [-0.39, 0.29) is 35.6 Å². The van der Waals surface area contributed by atoms with Crippen LogP contribution in [0.1, 0.15) is 57.5 Å². The number of fused-ring (bicyclic) bond motifs is 1. The molecule has 1 aliphatic carbocycles. The lowest BCUT2D eigenvalue weighted by Gasteiger charge is -2.13. The Morgan fingerprint density at radius 3 is 2.59 bits per heavy atom. The molecule has 46 heavy (non-hydrogen) atoms. The molecule has 9 nitrogen and oxygen atoms in total. The van der Waals surface area contributed by atoms with Gasteiger partial charge in [0, 0.05) is 35.9 Å². The number of hydrogen-bond acceptors (Lipinski definition) is 6. The van der Waals surface area contributed by atoms with E-state index < -0.39 is 17.6 Å². The van der Waals surface area contributed by atoms with Gasteiger partial charge in [0.25, 0.3) is 0 Å². The quantitative estimate of drug-likeness (QED) is 0.182. The lowest BCUT2D eigenvalue weighted by atomic mass is 10.1. The van der Waals surface area contributed by atoms with Gasteiger partial charge in [0.1, 0.15) is 24.1 Å². The highest BCUT2D eigenvalue weighted by molar-refractivity contribution is 5.92. The normalized spacial score (nSPS) is 12.7. The molecule has 1 aliphatic rings. The average molecular weight is 617 g/mol. The smallest absolute Gasteiger partial charge is 0.335 e. The third-order valence-electron chi connectivity index (χ3n) is 8.06. The van der Waals surface area contributed by atoms with Gasteiger partial charge in [0.2, 0.25) is 5.88 Å². The second-order valence-electron chi connectivity index (χ2n) is 11.2. The van der Waals surface area contributed by atoms with E-state index in [0.29, 0.717) is 46.3 Å². The van der Waals surface area contributed by atoms with Gasteiger partial charge in [-0.15, -0.1) is 0 Å². The van der Waals surface area contributed by atoms with Gasteiger partial charge in [-0.1, -0.05) is 24.3 Å². The van der Waals surface area contributed by atoms with Crippen molar-refractivity contribution < 1.29 is 23.4 Å². The van der Waals surface area contributed by atoms with Crippen molar-refractivity contribution in [2.75, 3.05) is 0 Å². The fourth-order valence-electron chi connectivity index (χ4n) is 5.48. The van der Waals surface area contributed by atoms with E-state index in [0.717, 1.165) is 24.6 Å². The molecule has 0 amide bonds. The number of benzene rings is 3. The molecular weight excluding hydrogens is 590 g/mol. The molecule has 1 fully saturated rings. The van der Waals surface area contributed by atoms with Crippen molar-refractivity contribution in [3.63, 3.8) is 0 Å². The van der Waals surface area contributed by atoms with Gasteiger partial charge >= 0.3 is 5.97 Å². The SMILES string of the molecule is N#Cc1ccc(COc2cccc(-c3ccc(Cc4nc5ccc(C(=O)O)cc5n4Cc4cncn4C4CC4)c(F)c3)n2)c(F)c1. The first-order chi connectivity index (χ1) is 22.4. The molecule has 3 aromatic carbocycles. The van der Waals surface area contributed by atoms with Gasteiger partial charge in [-0.05, 0) is 60.9 Å². The van der Waals surface area contributed by atoms with Crippen molar-refractivity contribution >= 4 is 17.0 Å². The van der Waals surface area contributed by atoms with Crippen molar-refractivity contribution in [2.45, 2.75) is 38.5 Å². The topological polar surface area (TPSA) is 119 Å². The Kier molecular flexibility index (Phi) is 7.46. The highest BCUT2D eigenvalue weighted by atomic mass is 19.1. The molecule has 3 heterocycles. The number of nitriles is 1. The lowest BCUT2D eigenvalue weighted by molar-refractivity contribution is 0.0697. The number of carbonyl (C=O) groups is 1. The first-order valence-corrected chi connectivity index (χ1v) is 14.7. The maximum atomic E-state index is 15.7. The van der Waals surface area contributed by atoms with Crippen LogP contribution >= 0.6 is 0 Å². The van der Waals surface area contributed by atoms with Crippen molar-refractivity contribution in [2.24, 2.45) is 0 Å². The monoisotopic (exact) mass is 616 g/mol. The summed E-state index contributed by atoms with van der Waals surface area (Å²) in [5, 5.41) is 18.6. The minimum Gasteiger partial charge on any atom is -0.478 e. The van der Waals surface area contributed by atoms with E-state index in [9.17, 15) is 14.3 Å². The Balaban J connectivity index is 1.15. The number of aromatic nitrogens is 5. The third kappa shape index (κ3) is 5.80. The van der Waals surface area contributed by atoms with Crippen LogP contribution in [0.3, 0.4) is 0 Å². The maximum absolute atomic E-state index is 15.7. The molecule has 0 bridgehead atoms. The van der Waals surface area contributed by atoms with Crippen LogP contribution in [-0.2, 0) is 19.6 Å². The molecule has 228 valence electrons. The number of imidazole rings is 2. The predicted octanol–water partition coefficient (Wildman–Crippen LogP) is 6.70. The summed E-state index contributed by atoms with van der Waals surface area (Å²) < 4.78 is 39.7. The van der Waals surface area contributed by atoms with Crippen molar-refractivity contribution in [3.05, 3.63) is 131 Å². The number of rotatable bonds is 10. The van der Waals surface area contributed by atoms with E-state index in [1.165, 1.54) is 24.3 Å². The number of nitrogens with zero attached hydrogens (tertiary/aromatic N) is 6. The molecule has 11 heteroatoms. The van der Waals surface area contributed by atoms with E-state index in [1.54, 1.807) is 48.7 Å². The molecule has 0 unspecified atom stereocenters. The fraction of sp³-hybridized carbons (Fsp3) is 0.171. The second-order valence-corrected chi connectivity index (χ2v) is 11.2. The first-order valence-electron chi connectivity index (χ1n) is 14.7. The van der Waals surface area contributed by atoms with Gasteiger partial charge < -0.3 is 19.0 Å². The molecule has 6 aromatic rings. The number of carboxylic acid groups (broad SMARTS) is 1. The minimum atomic E-state index is -1.04. The second kappa shape index (κ2) is 11.9. The van der Waals surface area contributed by atoms with Gasteiger partial charge in [-0.2, -0.15) is 5.26 Å². The zero-order valence-electron chi connectivity index (χ0n) is 24.4. The van der Waals surface area contributed by atoms with E-state index in [1.807, 2.05) is 17.0 Å². The number of carboxylic acids is 1. The van der Waals surface area contributed by atoms with Crippen LogP contribution in [-0.4, -0.2) is 35.2 Å². The standard InChI is InChI=1S/C35H26F2N6O3/c36-28-12-21(16-38)4-5-25(28)19-46-34-3-1-2-30(41-34)23-7-6-22(29(37)13-23)15-33-40-31-11-8-24(35(44)45)14-32(31)42(33)18-27-17-39-20-43(27)26-9-10-26/h1-8,11-14,17,20,26H,9-10,15,18-19H2,(H,44,45). The van der Waals surface area contributed by atoms with Gasteiger partial charge in [-0.3, -0.25) is 0 Å². The number of hydrogen-bond donors (Lipinski definition) is 1. The van der Waals surface area contributed by atoms with Gasteiger partial charge in [0.05, 0.1) is 52.5 Å². The zero-order chi connectivity index (χ0) is 31.8. The number of aromatic carboxylic acids is 1. The van der Waals surface area contributed by atoms with Crippen LogP contribution in [0.15, 0.2) is 85.3 Å². The van der Waals surface area contributed by atoms with E-state index in [2.05, 4.69) is 14.5 Å². The Morgan fingerprint density at radius 1 is 1.00 bits per heavy atom. The molecule has 3 aromatic heterocycles. The summed E-state index contributed by atoms with van der Waals surface area (Å²) in [6.07, 6.45) is 5.96. The van der Waals surface area contributed by atoms with Crippen LogP contribution in [0, 0.1) is 23.0 Å². The molecule has 0 spiro atoms. The molecule has 0 aliphatic heterocycles. The molecule has 0 atom stereocenters. The number of ether oxygens (including phenoxy) is 1. The molecule has 7 rings (SSSR count). The van der Waals surface area contributed by atoms with Gasteiger partial charge in [-0.25, -0.2) is 28.5 Å². The highest BCUT2D eigenvalue weighted by Crippen LogP contribution is 2.36. The summed E-state index contributed by atoms with van der Waals surface area (Å²) in [5.74, 6) is -1.19. The van der Waals surface area contributed by atoms with Crippen LogP contribution in [0.25, 0.3) is 22.3 Å². The Morgan fingerprint density at radius 2 is 1.83 bits per heavy atom. The fourth-order valence-corrected chi connectivity index (χ4v) is 5.48. The maximum Gasteiger partial charge on any atom is 0.335 e. The molecular formula is C35H26F2N6O3. The summed E-state index contributed by atoms with van der Waals surface area (Å²) >= 11 is 0. The Bertz CT molecular complexity index is 2160. The Labute approximate surface area is 262 Å². The number of pyridine rings is 1. The first kappa shape index (κ1) is 28.9. The Hall–Kier alpha value is -5.89. The predicted molar refractivity (Wildman–Crippen MR) is 164 cm³/mol. The molecule has 0 saturated heterocycles. The third-order valence-corrected chi connectivity index (χ3v) is 8.06. The van der Waals surface area contributed by atoms with Crippen molar-refractivity contribution in [1.29, 1.82) is 5.26 Å². The van der Waals surface area contributed by atoms with E-state index >= 15 is 4.39 Å². The lowest BCUT2D eigenvalue weighted by Crippen LogP contribution is -2.10. The average Bonchev–Trinajstić information content (AvgIpc) is 3.71. The number of halogens is 2. The molecule has 1 N–H and O–H groups in total. The van der Waals surface area contributed by atoms with Crippen LogP contribution < -0.4 is 4.74 Å². The van der Waals surface area contributed by atoms with Gasteiger partial charge in [0.15, 0.2) is 0 Å². The van der Waals surface area contributed by atoms with E-state index in [4.69, 9.17) is 15.0 Å². The van der Waals surface area contributed by atoms with Crippen LogP contribution in [0.2, 0.25) is 0 Å². The van der Waals surface area contributed by atoms with Crippen LogP contribution in [0.4, 0.5) is 8.78 Å². The summed E-state index contributed by atoms with van der Waals surface area (Å²) in [7, 11) is 0. The summed E-state index contributed by atoms with van der Waals surface area (Å²) in [4.78, 5) is 25.3. The highest BCUT2D eigenvalue weighted by Gasteiger charge is 2.26. The summed E-state index contributed by atoms with van der Waals surface area (Å²) in [6, 6.07) is 21.2. The molecule has 0 radical (unpaired) electrons. The largest absolute Gasteiger partial charge is 0.478 e. The van der Waals surface area contributed by atoms with Crippen molar-refractivity contribution in [3.8, 4) is 23.2 Å². The summed E-state index contributed by atoms with van der Waals surface area (Å²) in [6.45, 7) is 0.325. The zero-order valence-corrected chi connectivity index (χ0v) is 24.4. The van der Waals surface area contributed by atoms with Crippen LogP contribution in [0.5, 0.6) is 5.88 Å². The van der Waals surface area contributed by atoms with Crippen molar-refractivity contribution in [1.82, 2.24) is 24.1 Å².